The minimum atomic E-state index is -0.0609. The standard InChI is InChI=1S/C24H34N4O2/c1-24(2,3)23-27-21(16-28(23)15-18-7-9-30-10-8-18)19-11-20(14-25-13-19)22(29)26-12-17-5-4-6-17/h11,13-14,16-18H,4-10,12,15H2,1-3H3,(H,26,29). The summed E-state index contributed by atoms with van der Waals surface area (Å²) in [7, 11) is 0. The van der Waals surface area contributed by atoms with Crippen LogP contribution in [0.15, 0.2) is 24.7 Å². The van der Waals surface area contributed by atoms with Crippen LogP contribution in [0, 0.1) is 11.8 Å². The van der Waals surface area contributed by atoms with Gasteiger partial charge in [0.2, 0.25) is 0 Å². The van der Waals surface area contributed by atoms with Crippen LogP contribution >= 0.6 is 0 Å². The molecule has 0 aromatic carbocycles. The highest BCUT2D eigenvalue weighted by atomic mass is 16.5. The largest absolute Gasteiger partial charge is 0.381 e. The number of amides is 1. The number of aromatic nitrogens is 3. The maximum Gasteiger partial charge on any atom is 0.252 e. The molecule has 0 unspecified atom stereocenters. The summed E-state index contributed by atoms with van der Waals surface area (Å²) in [6, 6.07) is 1.91. The van der Waals surface area contributed by atoms with Gasteiger partial charge < -0.3 is 14.6 Å². The van der Waals surface area contributed by atoms with Crippen molar-refractivity contribution in [2.45, 2.75) is 64.8 Å². The Labute approximate surface area is 179 Å². The normalized spacial score (nSPS) is 18.2. The molecule has 0 atom stereocenters. The van der Waals surface area contributed by atoms with E-state index in [1.54, 1.807) is 12.4 Å². The Kier molecular flexibility index (Phi) is 6.23. The average molecular weight is 411 g/mol. The molecule has 2 aromatic heterocycles. The number of nitrogens with zero attached hydrogens (tertiary/aromatic N) is 3. The molecule has 1 saturated carbocycles. The van der Waals surface area contributed by atoms with Gasteiger partial charge in [0.05, 0.1) is 11.3 Å². The molecule has 162 valence electrons. The van der Waals surface area contributed by atoms with E-state index >= 15 is 0 Å². The van der Waals surface area contributed by atoms with Crippen molar-refractivity contribution >= 4 is 5.91 Å². The molecule has 1 saturated heterocycles. The predicted molar refractivity (Wildman–Crippen MR) is 117 cm³/mol. The van der Waals surface area contributed by atoms with Crippen LogP contribution in [0.5, 0.6) is 0 Å². The number of hydrogen-bond acceptors (Lipinski definition) is 4. The first kappa shape index (κ1) is 21.0. The van der Waals surface area contributed by atoms with Crippen LogP contribution < -0.4 is 5.32 Å². The van der Waals surface area contributed by atoms with Gasteiger partial charge in [0, 0.05) is 55.9 Å². The number of imidazole rings is 1. The molecule has 0 spiro atoms. The van der Waals surface area contributed by atoms with Crippen molar-refractivity contribution in [2.24, 2.45) is 11.8 Å². The minimum Gasteiger partial charge on any atom is -0.381 e. The molecule has 6 nitrogen and oxygen atoms in total. The van der Waals surface area contributed by atoms with E-state index in [4.69, 9.17) is 9.72 Å². The highest BCUT2D eigenvalue weighted by Gasteiger charge is 2.25. The van der Waals surface area contributed by atoms with Crippen molar-refractivity contribution in [3.63, 3.8) is 0 Å². The van der Waals surface area contributed by atoms with E-state index in [0.717, 1.165) is 56.2 Å². The van der Waals surface area contributed by atoms with E-state index in [-0.39, 0.29) is 11.3 Å². The lowest BCUT2D eigenvalue weighted by atomic mass is 9.85. The molecule has 4 rings (SSSR count). The molecule has 1 N–H and O–H groups in total. The molecule has 2 aromatic rings. The molecule has 3 heterocycles. The Balaban J connectivity index is 1.54. The van der Waals surface area contributed by atoms with Gasteiger partial charge in [0.1, 0.15) is 5.82 Å². The molecule has 1 aliphatic heterocycles. The highest BCUT2D eigenvalue weighted by Crippen LogP contribution is 2.29. The summed E-state index contributed by atoms with van der Waals surface area (Å²) in [5.74, 6) is 2.28. The highest BCUT2D eigenvalue weighted by molar-refractivity contribution is 5.94. The lowest BCUT2D eigenvalue weighted by Gasteiger charge is -2.25. The summed E-state index contributed by atoms with van der Waals surface area (Å²) < 4.78 is 7.82. The minimum absolute atomic E-state index is 0.0473. The van der Waals surface area contributed by atoms with Crippen molar-refractivity contribution in [1.82, 2.24) is 19.9 Å². The Morgan fingerprint density at radius 1 is 1.17 bits per heavy atom. The van der Waals surface area contributed by atoms with Crippen molar-refractivity contribution in [2.75, 3.05) is 19.8 Å². The Bertz CT molecular complexity index is 874. The maximum atomic E-state index is 12.6. The van der Waals surface area contributed by atoms with E-state index in [0.29, 0.717) is 17.4 Å². The van der Waals surface area contributed by atoms with Crippen molar-refractivity contribution in [3.05, 3.63) is 36.0 Å². The van der Waals surface area contributed by atoms with Crippen molar-refractivity contribution < 1.29 is 9.53 Å². The Morgan fingerprint density at radius 2 is 1.93 bits per heavy atom. The first-order valence-corrected chi connectivity index (χ1v) is 11.3. The van der Waals surface area contributed by atoms with E-state index in [9.17, 15) is 4.79 Å². The van der Waals surface area contributed by atoms with Crippen LogP contribution in [0.1, 0.15) is 69.1 Å². The number of carbonyl (C=O) groups is 1. The molecule has 1 aliphatic carbocycles. The molecule has 6 heteroatoms. The molecule has 2 aliphatic rings. The third kappa shape index (κ3) is 4.91. The topological polar surface area (TPSA) is 69.0 Å². The molecular formula is C24H34N4O2. The van der Waals surface area contributed by atoms with Crippen LogP contribution in [0.3, 0.4) is 0 Å². The second-order valence-electron chi connectivity index (χ2n) is 9.88. The van der Waals surface area contributed by atoms with Crippen LogP contribution in [0.2, 0.25) is 0 Å². The van der Waals surface area contributed by atoms with Gasteiger partial charge in [-0.05, 0) is 43.6 Å². The van der Waals surface area contributed by atoms with Gasteiger partial charge in [-0.2, -0.15) is 0 Å². The number of nitrogens with one attached hydrogen (secondary N) is 1. The second-order valence-corrected chi connectivity index (χ2v) is 9.88. The molecule has 0 bridgehead atoms. The zero-order valence-electron chi connectivity index (χ0n) is 18.5. The number of pyridine rings is 1. The van der Waals surface area contributed by atoms with E-state index in [2.05, 4.69) is 41.8 Å². The lowest BCUT2D eigenvalue weighted by Crippen LogP contribution is -2.32. The first-order valence-electron chi connectivity index (χ1n) is 11.3. The smallest absolute Gasteiger partial charge is 0.252 e. The number of hydrogen-bond donors (Lipinski definition) is 1. The molecule has 1 amide bonds. The van der Waals surface area contributed by atoms with Crippen LogP contribution in [0.4, 0.5) is 0 Å². The van der Waals surface area contributed by atoms with Crippen LogP contribution in [-0.2, 0) is 16.7 Å². The maximum absolute atomic E-state index is 12.6. The fourth-order valence-electron chi connectivity index (χ4n) is 4.24. The quantitative estimate of drug-likeness (QED) is 0.775. The number of carbonyl (C=O) groups excluding carboxylic acids is 1. The van der Waals surface area contributed by atoms with Crippen molar-refractivity contribution in [3.8, 4) is 11.3 Å². The Morgan fingerprint density at radius 3 is 2.60 bits per heavy atom. The molecule has 2 fully saturated rings. The Hall–Kier alpha value is -2.21. The monoisotopic (exact) mass is 410 g/mol. The summed E-state index contributed by atoms with van der Waals surface area (Å²) in [4.78, 5) is 21.9. The third-order valence-corrected chi connectivity index (χ3v) is 6.32. The summed E-state index contributed by atoms with van der Waals surface area (Å²) in [6.07, 6.45) is 11.5. The molecule has 30 heavy (non-hydrogen) atoms. The molecule has 0 radical (unpaired) electrons. The van der Waals surface area contributed by atoms with E-state index in [1.165, 1.54) is 19.3 Å². The fourth-order valence-corrected chi connectivity index (χ4v) is 4.24. The van der Waals surface area contributed by atoms with Crippen LogP contribution in [-0.4, -0.2) is 40.2 Å². The summed E-state index contributed by atoms with van der Waals surface area (Å²) in [5.41, 5.74) is 2.31. The fraction of sp³-hybridized carbons (Fsp3) is 0.625. The van der Waals surface area contributed by atoms with Gasteiger partial charge in [0.15, 0.2) is 0 Å². The summed E-state index contributed by atoms with van der Waals surface area (Å²) >= 11 is 0. The zero-order valence-corrected chi connectivity index (χ0v) is 18.5. The average Bonchev–Trinajstić information content (AvgIpc) is 3.12. The van der Waals surface area contributed by atoms with Gasteiger partial charge in [-0.1, -0.05) is 27.2 Å². The van der Waals surface area contributed by atoms with Gasteiger partial charge in [-0.3, -0.25) is 9.78 Å². The van der Waals surface area contributed by atoms with Gasteiger partial charge in [-0.15, -0.1) is 0 Å². The zero-order chi connectivity index (χ0) is 21.1. The van der Waals surface area contributed by atoms with E-state index in [1.807, 2.05) is 6.07 Å². The van der Waals surface area contributed by atoms with Gasteiger partial charge in [-0.25, -0.2) is 4.98 Å². The number of ether oxygens (including phenoxy) is 1. The van der Waals surface area contributed by atoms with Gasteiger partial charge >= 0.3 is 0 Å². The summed E-state index contributed by atoms with van der Waals surface area (Å²) in [5, 5.41) is 3.06. The predicted octanol–water partition coefficient (Wildman–Crippen LogP) is 4.20. The lowest BCUT2D eigenvalue weighted by molar-refractivity contribution is 0.0607. The first-order chi connectivity index (χ1) is 14.4. The number of rotatable bonds is 6. The van der Waals surface area contributed by atoms with Crippen LogP contribution in [0.25, 0.3) is 11.3 Å². The second kappa shape index (κ2) is 8.88. The third-order valence-electron chi connectivity index (χ3n) is 6.32. The summed E-state index contributed by atoms with van der Waals surface area (Å²) in [6.45, 7) is 10.00. The van der Waals surface area contributed by atoms with E-state index < -0.39 is 0 Å². The van der Waals surface area contributed by atoms with Gasteiger partial charge in [0.25, 0.3) is 5.91 Å². The van der Waals surface area contributed by atoms with Crippen molar-refractivity contribution in [1.29, 1.82) is 0 Å². The molecular weight excluding hydrogens is 376 g/mol. The SMILES string of the molecule is CC(C)(C)c1nc(-c2cncc(C(=O)NCC3CCC3)c2)cn1CC1CCOCC1.